The van der Waals surface area contributed by atoms with Gasteiger partial charge in [0.1, 0.15) is 6.04 Å². The van der Waals surface area contributed by atoms with E-state index in [1.165, 1.54) is 21.6 Å². The lowest BCUT2D eigenvalue weighted by molar-refractivity contribution is -0.141. The summed E-state index contributed by atoms with van der Waals surface area (Å²) in [4.78, 5) is 37.5. The molecule has 1 aliphatic rings. The van der Waals surface area contributed by atoms with Crippen LogP contribution in [0.25, 0.3) is 0 Å². The molecule has 2 N–H and O–H groups in total. The predicted octanol–water partition coefficient (Wildman–Crippen LogP) is 0.412. The number of aliphatic carboxylic acids is 1. The average Bonchev–Trinajstić information content (AvgIpc) is 2.82. The molecule has 0 aromatic carbocycles. The number of nitrogens with one attached hydrogen (secondary N) is 1. The Labute approximate surface area is 122 Å². The minimum absolute atomic E-state index is 0.0806. The van der Waals surface area contributed by atoms with Crippen LogP contribution in [0.2, 0.25) is 0 Å². The van der Waals surface area contributed by atoms with Crippen LogP contribution in [0.5, 0.6) is 0 Å². The molecule has 0 bridgehead atoms. The zero-order valence-corrected chi connectivity index (χ0v) is 12.8. The third kappa shape index (κ3) is 4.03. The first-order valence-corrected chi connectivity index (χ1v) is 7.54. The van der Waals surface area contributed by atoms with E-state index in [2.05, 4.69) is 5.32 Å². The minimum Gasteiger partial charge on any atom is -0.480 e. The molecule has 1 fully saturated rings. The zero-order valence-electron chi connectivity index (χ0n) is 12.0. The molecular weight excluding hydrogens is 282 g/mol. The maximum absolute atomic E-state index is 12.1. The van der Waals surface area contributed by atoms with Crippen molar-refractivity contribution in [1.82, 2.24) is 15.1 Å². The predicted molar refractivity (Wildman–Crippen MR) is 76.5 cm³/mol. The molecule has 8 heteroatoms. The lowest BCUT2D eigenvalue weighted by Crippen LogP contribution is -2.50. The summed E-state index contributed by atoms with van der Waals surface area (Å²) < 4.78 is 0. The largest absolute Gasteiger partial charge is 0.480 e. The van der Waals surface area contributed by atoms with Crippen molar-refractivity contribution in [2.75, 3.05) is 26.4 Å². The first-order chi connectivity index (χ1) is 9.38. The van der Waals surface area contributed by atoms with Crippen molar-refractivity contribution in [2.24, 2.45) is 0 Å². The summed E-state index contributed by atoms with van der Waals surface area (Å²) in [6.07, 6.45) is 0.896. The van der Waals surface area contributed by atoms with E-state index in [-0.39, 0.29) is 24.2 Å². The van der Waals surface area contributed by atoms with Gasteiger partial charge in [-0.15, -0.1) is 11.8 Å². The van der Waals surface area contributed by atoms with Crippen LogP contribution in [0.3, 0.4) is 0 Å². The molecule has 2 atom stereocenters. The number of rotatable bonds is 5. The highest BCUT2D eigenvalue weighted by molar-refractivity contribution is 8.00. The Kier molecular flexibility index (Phi) is 6.12. The smallest absolute Gasteiger partial charge is 0.327 e. The van der Waals surface area contributed by atoms with Crippen LogP contribution < -0.4 is 5.32 Å². The van der Waals surface area contributed by atoms with Crippen molar-refractivity contribution >= 4 is 29.7 Å². The summed E-state index contributed by atoms with van der Waals surface area (Å²) >= 11 is 1.47. The highest BCUT2D eigenvalue weighted by Crippen LogP contribution is 2.31. The molecular formula is C12H21N3O4S. The molecule has 1 aliphatic heterocycles. The Morgan fingerprint density at radius 2 is 2.05 bits per heavy atom. The van der Waals surface area contributed by atoms with Crippen molar-refractivity contribution in [3.05, 3.63) is 0 Å². The van der Waals surface area contributed by atoms with Crippen LogP contribution in [0, 0.1) is 0 Å². The molecule has 1 saturated heterocycles. The number of hydrogen-bond donors (Lipinski definition) is 2. The van der Waals surface area contributed by atoms with E-state index in [1.54, 1.807) is 14.1 Å². The van der Waals surface area contributed by atoms with Gasteiger partial charge in [0.2, 0.25) is 5.91 Å². The number of urea groups is 1. The van der Waals surface area contributed by atoms with Gasteiger partial charge in [-0.3, -0.25) is 9.69 Å². The van der Waals surface area contributed by atoms with Crippen molar-refractivity contribution in [3.8, 4) is 0 Å². The fourth-order valence-electron chi connectivity index (χ4n) is 1.93. The zero-order chi connectivity index (χ0) is 15.3. The lowest BCUT2D eigenvalue weighted by atomic mass is 10.2. The monoisotopic (exact) mass is 303 g/mol. The van der Waals surface area contributed by atoms with Crippen molar-refractivity contribution in [1.29, 1.82) is 0 Å². The first kappa shape index (κ1) is 16.6. The second-order valence-electron chi connectivity index (χ2n) is 4.73. The summed E-state index contributed by atoms with van der Waals surface area (Å²) in [5.41, 5.74) is 0. The molecule has 1 rings (SSSR count). The standard InChI is InChI=1S/C12H21N3O4S/c1-4-10-15(8(7-20-10)11(17)18)12(19)13-6-5-9(16)14(2)3/h8,10H,4-7H2,1-3H3,(H,13,19)(H,17,18). The molecule has 0 spiro atoms. The molecule has 7 nitrogen and oxygen atoms in total. The number of carbonyl (C=O) groups is 3. The van der Waals surface area contributed by atoms with Gasteiger partial charge < -0.3 is 15.3 Å². The highest BCUT2D eigenvalue weighted by Gasteiger charge is 2.40. The SMILES string of the molecule is CCC1SCC(C(=O)O)N1C(=O)NCCC(=O)N(C)C. The molecule has 1 heterocycles. The van der Waals surface area contributed by atoms with Crippen LogP contribution >= 0.6 is 11.8 Å². The molecule has 2 unspecified atom stereocenters. The van der Waals surface area contributed by atoms with Crippen LogP contribution in [0.15, 0.2) is 0 Å². The number of hydrogen-bond acceptors (Lipinski definition) is 4. The molecule has 0 aromatic rings. The summed E-state index contributed by atoms with van der Waals surface area (Å²) in [7, 11) is 3.30. The highest BCUT2D eigenvalue weighted by atomic mass is 32.2. The molecule has 3 amide bonds. The molecule has 20 heavy (non-hydrogen) atoms. The van der Waals surface area contributed by atoms with E-state index >= 15 is 0 Å². The second kappa shape index (κ2) is 7.37. The number of carboxylic acids is 1. The van der Waals surface area contributed by atoms with Gasteiger partial charge in [-0.2, -0.15) is 0 Å². The number of amides is 3. The fourth-order valence-corrected chi connectivity index (χ4v) is 3.28. The van der Waals surface area contributed by atoms with Gasteiger partial charge in [-0.05, 0) is 6.42 Å². The van der Waals surface area contributed by atoms with E-state index in [4.69, 9.17) is 5.11 Å². The van der Waals surface area contributed by atoms with Crippen molar-refractivity contribution < 1.29 is 19.5 Å². The van der Waals surface area contributed by atoms with Crippen LogP contribution in [-0.2, 0) is 9.59 Å². The summed E-state index contributed by atoms with van der Waals surface area (Å²) in [5.74, 6) is -0.673. The Hall–Kier alpha value is -1.44. The van der Waals surface area contributed by atoms with Crippen LogP contribution in [-0.4, -0.2) is 70.6 Å². The van der Waals surface area contributed by atoms with Crippen LogP contribution in [0.1, 0.15) is 19.8 Å². The Balaban J connectivity index is 2.55. The van der Waals surface area contributed by atoms with Gasteiger partial charge in [0.05, 0.1) is 5.37 Å². The molecule has 0 aliphatic carbocycles. The van der Waals surface area contributed by atoms with Gasteiger partial charge in [0.15, 0.2) is 0 Å². The van der Waals surface area contributed by atoms with Gasteiger partial charge in [-0.1, -0.05) is 6.92 Å². The second-order valence-corrected chi connectivity index (χ2v) is 5.94. The number of nitrogens with zero attached hydrogens (tertiary/aromatic N) is 2. The molecule has 0 saturated carbocycles. The Morgan fingerprint density at radius 3 is 2.55 bits per heavy atom. The summed E-state index contributed by atoms with van der Waals surface area (Å²) in [6.45, 7) is 2.12. The number of carboxylic acid groups (broad SMARTS) is 1. The number of thioether (sulfide) groups is 1. The maximum Gasteiger partial charge on any atom is 0.327 e. The molecule has 0 aromatic heterocycles. The average molecular weight is 303 g/mol. The van der Waals surface area contributed by atoms with Crippen molar-refractivity contribution in [3.63, 3.8) is 0 Å². The first-order valence-electron chi connectivity index (χ1n) is 6.49. The van der Waals surface area contributed by atoms with E-state index in [9.17, 15) is 14.4 Å². The van der Waals surface area contributed by atoms with Gasteiger partial charge >= 0.3 is 12.0 Å². The quantitative estimate of drug-likeness (QED) is 0.768. The van der Waals surface area contributed by atoms with E-state index in [1.807, 2.05) is 6.92 Å². The van der Waals surface area contributed by atoms with Gasteiger partial charge in [-0.25, -0.2) is 9.59 Å². The Morgan fingerprint density at radius 1 is 1.40 bits per heavy atom. The Bertz CT molecular complexity index is 389. The normalized spacial score (nSPS) is 21.6. The topological polar surface area (TPSA) is 90.0 Å². The third-order valence-corrected chi connectivity index (χ3v) is 4.53. The van der Waals surface area contributed by atoms with Crippen LogP contribution in [0.4, 0.5) is 4.79 Å². The van der Waals surface area contributed by atoms with Crippen molar-refractivity contribution in [2.45, 2.75) is 31.2 Å². The van der Waals surface area contributed by atoms with E-state index in [0.29, 0.717) is 12.2 Å². The van der Waals surface area contributed by atoms with E-state index < -0.39 is 18.0 Å². The lowest BCUT2D eigenvalue weighted by Gasteiger charge is -2.26. The summed E-state index contributed by atoms with van der Waals surface area (Å²) in [5, 5.41) is 11.6. The maximum atomic E-state index is 12.1. The fraction of sp³-hybridized carbons (Fsp3) is 0.750. The molecule has 114 valence electrons. The third-order valence-electron chi connectivity index (χ3n) is 3.08. The van der Waals surface area contributed by atoms with E-state index in [0.717, 1.165) is 0 Å². The minimum atomic E-state index is -0.993. The number of carbonyl (C=O) groups excluding carboxylic acids is 2. The summed E-state index contributed by atoms with van der Waals surface area (Å²) in [6, 6.07) is -1.21. The van der Waals surface area contributed by atoms with Gasteiger partial charge in [0.25, 0.3) is 0 Å². The van der Waals surface area contributed by atoms with Gasteiger partial charge in [0, 0.05) is 32.8 Å². The molecule has 0 radical (unpaired) electrons.